The number of hydrogen-bond donors (Lipinski definition) is 3. The summed E-state index contributed by atoms with van der Waals surface area (Å²) < 4.78 is 0. The van der Waals surface area contributed by atoms with Gasteiger partial charge in [0.15, 0.2) is 5.96 Å². The fourth-order valence-corrected chi connectivity index (χ4v) is 3.86. The van der Waals surface area contributed by atoms with E-state index in [1.54, 1.807) is 12.3 Å². The van der Waals surface area contributed by atoms with E-state index in [0.29, 0.717) is 11.7 Å². The lowest BCUT2D eigenvalue weighted by Gasteiger charge is -2.20. The molecule has 0 bridgehead atoms. The Bertz CT molecular complexity index is 869. The number of pyridine rings is 1. The Hall–Kier alpha value is -1.87. The van der Waals surface area contributed by atoms with Crippen molar-refractivity contribution in [2.45, 2.75) is 52.0 Å². The predicted molar refractivity (Wildman–Crippen MR) is 143 cm³/mol. The van der Waals surface area contributed by atoms with Crippen molar-refractivity contribution in [3.05, 3.63) is 58.9 Å². The minimum absolute atomic E-state index is 0. The van der Waals surface area contributed by atoms with E-state index in [-0.39, 0.29) is 35.8 Å². The van der Waals surface area contributed by atoms with Crippen LogP contribution in [0.15, 0.2) is 47.6 Å². The molecule has 1 amide bonds. The van der Waals surface area contributed by atoms with Crippen LogP contribution in [0.25, 0.3) is 0 Å². The van der Waals surface area contributed by atoms with E-state index in [2.05, 4.69) is 25.9 Å². The third-order valence-corrected chi connectivity index (χ3v) is 5.65. The molecule has 0 aliphatic heterocycles. The highest BCUT2D eigenvalue weighted by atomic mass is 127. The number of carbonyl (C=O) groups is 1. The molecule has 1 aliphatic carbocycles. The zero-order valence-corrected chi connectivity index (χ0v) is 21.7. The minimum Gasteiger partial charge on any atom is -0.357 e. The maximum atomic E-state index is 12.5. The molecule has 1 aliphatic rings. The lowest BCUT2D eigenvalue weighted by Crippen LogP contribution is -2.38. The second kappa shape index (κ2) is 14.3. The number of nitrogens with one attached hydrogen (secondary N) is 3. The van der Waals surface area contributed by atoms with Crippen molar-refractivity contribution in [2.75, 3.05) is 18.4 Å². The molecule has 1 heterocycles. The highest BCUT2D eigenvalue weighted by molar-refractivity contribution is 14.0. The van der Waals surface area contributed by atoms with Crippen molar-refractivity contribution in [1.82, 2.24) is 15.6 Å². The van der Waals surface area contributed by atoms with Crippen LogP contribution in [0.5, 0.6) is 0 Å². The van der Waals surface area contributed by atoms with Gasteiger partial charge in [0.1, 0.15) is 5.15 Å². The van der Waals surface area contributed by atoms with E-state index in [9.17, 15) is 4.79 Å². The number of amides is 1. The standard InChI is InChI=1S/C24H32ClN5O.HI/c1-2-26-24(27-14-13-18-11-12-22(25)28-16-18)29-17-19-7-6-10-21(15-19)30-23(31)20-8-4-3-5-9-20;/h6-7,10-12,15-16,20H,2-5,8-9,13-14,17H2,1H3,(H,30,31)(H2,26,27,29);1H. The van der Waals surface area contributed by atoms with Crippen molar-refractivity contribution in [1.29, 1.82) is 0 Å². The molecule has 0 saturated heterocycles. The molecule has 0 spiro atoms. The molecule has 1 saturated carbocycles. The van der Waals surface area contributed by atoms with E-state index in [1.807, 2.05) is 37.3 Å². The van der Waals surface area contributed by atoms with Crippen LogP contribution in [0, 0.1) is 5.92 Å². The van der Waals surface area contributed by atoms with Gasteiger partial charge in [0.25, 0.3) is 0 Å². The van der Waals surface area contributed by atoms with Gasteiger partial charge in [-0.3, -0.25) is 4.79 Å². The Morgan fingerprint density at radius 3 is 2.66 bits per heavy atom. The number of aliphatic imine (C=N–C) groups is 1. The first-order chi connectivity index (χ1) is 15.1. The highest BCUT2D eigenvalue weighted by Crippen LogP contribution is 2.25. The Morgan fingerprint density at radius 2 is 1.94 bits per heavy atom. The normalized spacial score (nSPS) is 14.4. The summed E-state index contributed by atoms with van der Waals surface area (Å²) in [6.07, 6.45) is 8.18. The van der Waals surface area contributed by atoms with Crippen molar-refractivity contribution in [2.24, 2.45) is 10.9 Å². The number of benzene rings is 1. The van der Waals surface area contributed by atoms with Crippen LogP contribution >= 0.6 is 35.6 Å². The number of guanidine groups is 1. The van der Waals surface area contributed by atoms with E-state index >= 15 is 0 Å². The van der Waals surface area contributed by atoms with E-state index in [4.69, 9.17) is 11.6 Å². The van der Waals surface area contributed by atoms with Crippen molar-refractivity contribution < 1.29 is 4.79 Å². The maximum Gasteiger partial charge on any atom is 0.227 e. The molecule has 0 atom stereocenters. The molecule has 0 radical (unpaired) electrons. The first kappa shape index (κ1) is 26.4. The number of rotatable bonds is 8. The first-order valence-electron chi connectivity index (χ1n) is 11.2. The molecule has 1 aromatic heterocycles. The molecule has 6 nitrogen and oxygen atoms in total. The van der Waals surface area contributed by atoms with Crippen LogP contribution < -0.4 is 16.0 Å². The fourth-order valence-electron chi connectivity index (χ4n) is 3.75. The van der Waals surface area contributed by atoms with E-state index in [1.165, 1.54) is 6.42 Å². The van der Waals surface area contributed by atoms with Crippen LogP contribution in [0.4, 0.5) is 5.69 Å². The number of aromatic nitrogens is 1. The third-order valence-electron chi connectivity index (χ3n) is 5.43. The second-order valence-electron chi connectivity index (χ2n) is 7.89. The van der Waals surface area contributed by atoms with Gasteiger partial charge in [0.05, 0.1) is 6.54 Å². The van der Waals surface area contributed by atoms with Gasteiger partial charge in [-0.05, 0) is 55.5 Å². The summed E-state index contributed by atoms with van der Waals surface area (Å²) in [5.41, 5.74) is 3.02. The summed E-state index contributed by atoms with van der Waals surface area (Å²) in [6.45, 7) is 4.10. The monoisotopic (exact) mass is 569 g/mol. The molecule has 2 aromatic rings. The van der Waals surface area contributed by atoms with Gasteiger partial charge < -0.3 is 16.0 Å². The molecule has 174 valence electrons. The first-order valence-corrected chi connectivity index (χ1v) is 11.5. The number of nitrogens with zero attached hydrogens (tertiary/aromatic N) is 2. The topological polar surface area (TPSA) is 78.4 Å². The summed E-state index contributed by atoms with van der Waals surface area (Å²) in [4.78, 5) is 21.3. The zero-order chi connectivity index (χ0) is 21.9. The van der Waals surface area contributed by atoms with Gasteiger partial charge in [-0.25, -0.2) is 9.98 Å². The largest absolute Gasteiger partial charge is 0.357 e. The van der Waals surface area contributed by atoms with Crippen molar-refractivity contribution in [3.8, 4) is 0 Å². The zero-order valence-electron chi connectivity index (χ0n) is 18.6. The smallest absolute Gasteiger partial charge is 0.227 e. The summed E-state index contributed by atoms with van der Waals surface area (Å²) in [5.74, 6) is 1.06. The van der Waals surface area contributed by atoms with Gasteiger partial charge in [0.2, 0.25) is 5.91 Å². The second-order valence-corrected chi connectivity index (χ2v) is 8.27. The Morgan fingerprint density at radius 1 is 1.12 bits per heavy atom. The van der Waals surface area contributed by atoms with Crippen LogP contribution in [-0.4, -0.2) is 29.9 Å². The molecule has 32 heavy (non-hydrogen) atoms. The van der Waals surface area contributed by atoms with Crippen LogP contribution in [0.3, 0.4) is 0 Å². The Labute approximate surface area is 213 Å². The molecule has 0 unspecified atom stereocenters. The van der Waals surface area contributed by atoms with Crippen molar-refractivity contribution >= 4 is 53.1 Å². The summed E-state index contributed by atoms with van der Waals surface area (Å²) in [6, 6.07) is 11.7. The maximum absolute atomic E-state index is 12.5. The third kappa shape index (κ3) is 8.94. The fraction of sp³-hybridized carbons (Fsp3) is 0.458. The number of carbonyl (C=O) groups excluding carboxylic acids is 1. The van der Waals surface area contributed by atoms with Crippen molar-refractivity contribution in [3.63, 3.8) is 0 Å². The van der Waals surface area contributed by atoms with Gasteiger partial charge >= 0.3 is 0 Å². The average Bonchev–Trinajstić information content (AvgIpc) is 2.79. The highest BCUT2D eigenvalue weighted by Gasteiger charge is 2.21. The minimum atomic E-state index is 0. The van der Waals surface area contributed by atoms with Crippen LogP contribution in [-0.2, 0) is 17.8 Å². The number of hydrogen-bond acceptors (Lipinski definition) is 3. The number of anilines is 1. The molecule has 1 fully saturated rings. The van der Waals surface area contributed by atoms with Crippen LogP contribution in [0.2, 0.25) is 5.15 Å². The lowest BCUT2D eigenvalue weighted by molar-refractivity contribution is -0.120. The van der Waals surface area contributed by atoms with Gasteiger partial charge in [0, 0.05) is 30.9 Å². The quantitative estimate of drug-likeness (QED) is 0.177. The van der Waals surface area contributed by atoms with Crippen LogP contribution in [0.1, 0.15) is 50.2 Å². The summed E-state index contributed by atoms with van der Waals surface area (Å²) in [7, 11) is 0. The average molecular weight is 570 g/mol. The summed E-state index contributed by atoms with van der Waals surface area (Å²) in [5, 5.41) is 10.2. The predicted octanol–water partition coefficient (Wildman–Crippen LogP) is 5.17. The Balaban J connectivity index is 0.00000363. The molecular weight excluding hydrogens is 537 g/mol. The van der Waals surface area contributed by atoms with Gasteiger partial charge in [-0.2, -0.15) is 0 Å². The number of halogens is 2. The molecule has 1 aromatic carbocycles. The lowest BCUT2D eigenvalue weighted by atomic mass is 9.88. The van der Waals surface area contributed by atoms with E-state index < -0.39 is 0 Å². The Kier molecular flexibility index (Phi) is 11.8. The molecule has 3 rings (SSSR count). The molecule has 3 N–H and O–H groups in total. The van der Waals surface area contributed by atoms with E-state index in [0.717, 1.165) is 68.0 Å². The molecule has 8 heteroatoms. The van der Waals surface area contributed by atoms with Gasteiger partial charge in [-0.1, -0.05) is 49.1 Å². The van der Waals surface area contributed by atoms with Gasteiger partial charge in [-0.15, -0.1) is 24.0 Å². The molecular formula is C24H33ClIN5O. The SMILES string of the molecule is CCNC(=NCc1cccc(NC(=O)C2CCCCC2)c1)NCCc1ccc(Cl)nc1.I. The summed E-state index contributed by atoms with van der Waals surface area (Å²) >= 11 is 5.84.